The predicted octanol–water partition coefficient (Wildman–Crippen LogP) is 3.65. The van der Waals surface area contributed by atoms with Crippen LogP contribution in [0.25, 0.3) is 10.2 Å². The summed E-state index contributed by atoms with van der Waals surface area (Å²) in [6, 6.07) is 9.81. The van der Waals surface area contributed by atoms with Gasteiger partial charge < -0.3 is 14.4 Å². The smallest absolute Gasteiger partial charge is 0.260 e. The van der Waals surface area contributed by atoms with E-state index in [1.165, 1.54) is 27.8 Å². The number of ether oxygens (including phenoxy) is 2. The van der Waals surface area contributed by atoms with Crippen LogP contribution in [0, 0.1) is 0 Å². The van der Waals surface area contributed by atoms with E-state index < -0.39 is 10.0 Å². The summed E-state index contributed by atoms with van der Waals surface area (Å²) >= 11 is 1.40. The molecule has 2 aromatic carbocycles. The lowest BCUT2D eigenvalue weighted by Gasteiger charge is -2.22. The van der Waals surface area contributed by atoms with Crippen molar-refractivity contribution in [1.82, 2.24) is 14.2 Å². The summed E-state index contributed by atoms with van der Waals surface area (Å²) < 4.78 is 38.8. The third-order valence-electron chi connectivity index (χ3n) is 5.75. The number of carbonyl (C=O) groups is 1. The molecule has 0 spiro atoms. The van der Waals surface area contributed by atoms with E-state index in [-0.39, 0.29) is 17.6 Å². The summed E-state index contributed by atoms with van der Waals surface area (Å²) in [6.45, 7) is 3.72. The molecule has 3 aromatic rings. The van der Waals surface area contributed by atoms with Crippen molar-refractivity contribution in [2.24, 2.45) is 0 Å². The Morgan fingerprint density at radius 1 is 1.03 bits per heavy atom. The minimum Gasteiger partial charge on any atom is -0.454 e. The van der Waals surface area contributed by atoms with Crippen LogP contribution >= 0.6 is 11.3 Å². The Hall–Kier alpha value is -2.73. The number of anilines is 1. The number of aromatic nitrogens is 1. The minimum atomic E-state index is -3.60. The summed E-state index contributed by atoms with van der Waals surface area (Å²) in [6.07, 6.45) is 1.70. The van der Waals surface area contributed by atoms with Crippen LogP contribution in [0.5, 0.6) is 11.5 Å². The van der Waals surface area contributed by atoms with Gasteiger partial charge in [-0.2, -0.15) is 0 Å². The Morgan fingerprint density at radius 2 is 1.71 bits per heavy atom. The van der Waals surface area contributed by atoms with Crippen molar-refractivity contribution in [2.45, 2.75) is 24.7 Å². The summed E-state index contributed by atoms with van der Waals surface area (Å²) in [7, 11) is 1.85. The molecular weight excluding hydrogens is 488 g/mol. The number of likely N-dealkylation sites (N-methyl/N-ethyl adjacent to an activating group) is 1. The molecule has 4 rings (SSSR count). The Kier molecular flexibility index (Phi) is 7.60. The maximum absolute atomic E-state index is 13.5. The van der Waals surface area contributed by atoms with Crippen LogP contribution in [0.3, 0.4) is 0 Å². The van der Waals surface area contributed by atoms with Gasteiger partial charge in [0.25, 0.3) is 5.91 Å². The average Bonchev–Trinajstić information content (AvgIpc) is 3.46. The first-order valence-corrected chi connectivity index (χ1v) is 13.7. The first-order chi connectivity index (χ1) is 16.7. The van der Waals surface area contributed by atoms with Crippen LogP contribution in [0.4, 0.5) is 5.13 Å². The standard InChI is InChI=1S/C24H30N4O5S2/c1-5-6-11-27(4)35(30,31)18-9-7-17(8-10-18)23(29)28(13-12-26(2)3)24-25-19-14-20-21(33-16-32-20)15-22(19)34-24/h7-10,14-15H,5-6,11-13,16H2,1-4H3. The fraction of sp³-hybridized carbons (Fsp3) is 0.417. The van der Waals surface area contributed by atoms with Crippen molar-refractivity contribution in [3.63, 3.8) is 0 Å². The predicted molar refractivity (Wildman–Crippen MR) is 137 cm³/mol. The van der Waals surface area contributed by atoms with Gasteiger partial charge >= 0.3 is 0 Å². The highest BCUT2D eigenvalue weighted by Gasteiger charge is 2.25. The second kappa shape index (κ2) is 10.5. The molecular formula is C24H30N4O5S2. The van der Waals surface area contributed by atoms with Crippen molar-refractivity contribution in [3.8, 4) is 11.5 Å². The van der Waals surface area contributed by atoms with E-state index in [1.807, 2.05) is 38.1 Å². The fourth-order valence-electron chi connectivity index (χ4n) is 3.61. The molecule has 0 saturated heterocycles. The number of amides is 1. The van der Waals surface area contributed by atoms with Gasteiger partial charge in [0.1, 0.15) is 0 Å². The molecule has 9 nitrogen and oxygen atoms in total. The minimum absolute atomic E-state index is 0.169. The van der Waals surface area contributed by atoms with E-state index in [9.17, 15) is 13.2 Å². The molecule has 0 radical (unpaired) electrons. The normalized spacial score (nSPS) is 13.2. The van der Waals surface area contributed by atoms with E-state index >= 15 is 0 Å². The lowest BCUT2D eigenvalue weighted by Crippen LogP contribution is -2.36. The van der Waals surface area contributed by atoms with E-state index in [0.717, 1.165) is 23.1 Å². The van der Waals surface area contributed by atoms with Crippen molar-refractivity contribution in [1.29, 1.82) is 0 Å². The van der Waals surface area contributed by atoms with Gasteiger partial charge in [-0.25, -0.2) is 17.7 Å². The lowest BCUT2D eigenvalue weighted by molar-refractivity contribution is 0.0985. The maximum atomic E-state index is 13.5. The van der Waals surface area contributed by atoms with Gasteiger partial charge in [-0.05, 0) is 44.8 Å². The van der Waals surface area contributed by atoms with Gasteiger partial charge in [-0.3, -0.25) is 9.69 Å². The molecule has 1 aromatic heterocycles. The number of nitrogens with zero attached hydrogens (tertiary/aromatic N) is 4. The highest BCUT2D eigenvalue weighted by molar-refractivity contribution is 7.89. The number of thiazole rings is 1. The first-order valence-electron chi connectivity index (χ1n) is 11.4. The van der Waals surface area contributed by atoms with Gasteiger partial charge in [0.2, 0.25) is 16.8 Å². The van der Waals surface area contributed by atoms with Gasteiger partial charge in [-0.1, -0.05) is 24.7 Å². The maximum Gasteiger partial charge on any atom is 0.260 e. The van der Waals surface area contributed by atoms with Crippen LogP contribution in [0.2, 0.25) is 0 Å². The molecule has 0 saturated carbocycles. The highest BCUT2D eigenvalue weighted by Crippen LogP contribution is 2.40. The quantitative estimate of drug-likeness (QED) is 0.404. The molecule has 0 unspecified atom stereocenters. The summed E-state index contributed by atoms with van der Waals surface area (Å²) in [4.78, 5) is 22.0. The Morgan fingerprint density at radius 3 is 2.37 bits per heavy atom. The Labute approximate surface area is 209 Å². The molecule has 0 atom stereocenters. The molecule has 1 aliphatic heterocycles. The van der Waals surface area contributed by atoms with E-state index in [1.54, 1.807) is 24.1 Å². The molecule has 0 fully saturated rings. The number of rotatable bonds is 10. The molecule has 1 aliphatic rings. The summed E-state index contributed by atoms with van der Waals surface area (Å²) in [5, 5.41) is 0.562. The van der Waals surface area contributed by atoms with Crippen molar-refractivity contribution < 1.29 is 22.7 Å². The third kappa shape index (κ3) is 5.43. The number of benzene rings is 2. The number of fused-ring (bicyclic) bond motifs is 2. The van der Waals surface area contributed by atoms with Crippen molar-refractivity contribution in [3.05, 3.63) is 42.0 Å². The summed E-state index contributed by atoms with van der Waals surface area (Å²) in [5.41, 5.74) is 1.13. The van der Waals surface area contributed by atoms with Crippen LogP contribution in [0.15, 0.2) is 41.3 Å². The second-order valence-electron chi connectivity index (χ2n) is 8.63. The zero-order valence-electron chi connectivity index (χ0n) is 20.4. The molecule has 1 amide bonds. The first kappa shape index (κ1) is 25.4. The van der Waals surface area contributed by atoms with Crippen molar-refractivity contribution >= 4 is 42.6 Å². The molecule has 35 heavy (non-hydrogen) atoms. The number of hydrogen-bond donors (Lipinski definition) is 0. The lowest BCUT2D eigenvalue weighted by atomic mass is 10.2. The van der Waals surface area contributed by atoms with Crippen LogP contribution in [-0.2, 0) is 10.0 Å². The average molecular weight is 519 g/mol. The number of hydrogen-bond acceptors (Lipinski definition) is 8. The molecule has 0 aliphatic carbocycles. The van der Waals surface area contributed by atoms with E-state index in [2.05, 4.69) is 0 Å². The van der Waals surface area contributed by atoms with Gasteiger partial charge in [0.15, 0.2) is 16.6 Å². The Bertz CT molecular complexity index is 1260. The topological polar surface area (TPSA) is 92.3 Å². The Balaban J connectivity index is 1.61. The zero-order chi connectivity index (χ0) is 25.2. The fourth-order valence-corrected chi connectivity index (χ4v) is 5.82. The van der Waals surface area contributed by atoms with Gasteiger partial charge in [0, 0.05) is 44.4 Å². The van der Waals surface area contributed by atoms with Gasteiger partial charge in [0.05, 0.1) is 15.1 Å². The molecule has 0 N–H and O–H groups in total. The van der Waals surface area contributed by atoms with E-state index in [0.29, 0.717) is 41.8 Å². The molecule has 188 valence electrons. The van der Waals surface area contributed by atoms with Crippen LogP contribution in [-0.4, -0.2) is 76.1 Å². The molecule has 0 bridgehead atoms. The monoisotopic (exact) mass is 518 g/mol. The number of sulfonamides is 1. The highest BCUT2D eigenvalue weighted by atomic mass is 32.2. The van der Waals surface area contributed by atoms with E-state index in [4.69, 9.17) is 14.5 Å². The molecule has 11 heteroatoms. The largest absolute Gasteiger partial charge is 0.454 e. The van der Waals surface area contributed by atoms with Crippen LogP contribution < -0.4 is 14.4 Å². The number of carbonyl (C=O) groups excluding carboxylic acids is 1. The SMILES string of the molecule is CCCCN(C)S(=O)(=O)c1ccc(C(=O)N(CCN(C)C)c2nc3cc4c(cc3s2)OCO4)cc1. The van der Waals surface area contributed by atoms with Crippen LogP contribution in [0.1, 0.15) is 30.1 Å². The molecule has 2 heterocycles. The van der Waals surface area contributed by atoms with Crippen molar-refractivity contribution in [2.75, 3.05) is 52.5 Å². The number of unbranched alkanes of at least 4 members (excludes halogenated alkanes) is 1. The second-order valence-corrected chi connectivity index (χ2v) is 11.7. The summed E-state index contributed by atoms with van der Waals surface area (Å²) in [5.74, 6) is 1.06. The van der Waals surface area contributed by atoms with Gasteiger partial charge in [-0.15, -0.1) is 0 Å². The zero-order valence-corrected chi connectivity index (χ0v) is 22.0. The third-order valence-corrected chi connectivity index (χ3v) is 8.67.